The molecule has 1 heterocycles. The third-order valence-electron chi connectivity index (χ3n) is 3.75. The molecule has 2 aromatic carbocycles. The first kappa shape index (κ1) is 17.9. The second-order valence-corrected chi connectivity index (χ2v) is 9.09. The highest BCUT2D eigenvalue weighted by molar-refractivity contribution is 8.03. The SMILES string of the molecule is CSc1[s+]c(SC)c(-c2ccccc2)c(SC)c1-c1ccccc1. The van der Waals surface area contributed by atoms with Gasteiger partial charge < -0.3 is 0 Å². The zero-order valence-corrected chi connectivity index (χ0v) is 17.2. The molecule has 0 amide bonds. The fraction of sp³-hybridized carbons (Fsp3) is 0.150. The van der Waals surface area contributed by atoms with Crippen LogP contribution in [0, 0.1) is 0 Å². The molecule has 3 aromatic rings. The Morgan fingerprint density at radius 2 is 1.00 bits per heavy atom. The Morgan fingerprint density at radius 1 is 0.583 bits per heavy atom. The van der Waals surface area contributed by atoms with Gasteiger partial charge in [-0.25, -0.2) is 0 Å². The van der Waals surface area contributed by atoms with Gasteiger partial charge in [0.2, 0.25) is 11.3 Å². The highest BCUT2D eigenvalue weighted by Crippen LogP contribution is 2.50. The minimum Gasteiger partial charge on any atom is -0.128 e. The molecular formula is C20H19S4+. The molecule has 3 rings (SSSR count). The van der Waals surface area contributed by atoms with Crippen LogP contribution in [0.4, 0.5) is 0 Å². The van der Waals surface area contributed by atoms with Gasteiger partial charge in [0.25, 0.3) is 8.42 Å². The van der Waals surface area contributed by atoms with Crippen LogP contribution in [-0.2, 0) is 0 Å². The van der Waals surface area contributed by atoms with Crippen LogP contribution in [0.2, 0.25) is 0 Å². The summed E-state index contributed by atoms with van der Waals surface area (Å²) in [5.74, 6) is 0. The zero-order valence-electron chi connectivity index (χ0n) is 13.9. The highest BCUT2D eigenvalue weighted by Gasteiger charge is 2.29. The molecule has 0 saturated heterocycles. The molecule has 0 spiro atoms. The molecule has 1 aromatic heterocycles. The molecule has 0 unspecified atom stereocenters. The van der Waals surface area contributed by atoms with Gasteiger partial charge in [0.1, 0.15) is 0 Å². The van der Waals surface area contributed by atoms with Gasteiger partial charge in [0.05, 0.1) is 11.1 Å². The fourth-order valence-corrected chi connectivity index (χ4v) is 6.79. The molecule has 0 saturated carbocycles. The van der Waals surface area contributed by atoms with Gasteiger partial charge in [-0.3, -0.25) is 0 Å². The number of rotatable bonds is 5. The average Bonchev–Trinajstić information content (AvgIpc) is 2.67. The van der Waals surface area contributed by atoms with E-state index in [2.05, 4.69) is 79.4 Å². The Bertz CT molecular complexity index is 748. The summed E-state index contributed by atoms with van der Waals surface area (Å²) < 4.78 is 2.77. The summed E-state index contributed by atoms with van der Waals surface area (Å²) in [6.07, 6.45) is 6.54. The van der Waals surface area contributed by atoms with Crippen LogP contribution < -0.4 is 0 Å². The summed E-state index contributed by atoms with van der Waals surface area (Å²) in [5, 5.41) is 0. The lowest BCUT2D eigenvalue weighted by Gasteiger charge is -2.13. The molecule has 4 heteroatoms. The topological polar surface area (TPSA) is 0 Å². The van der Waals surface area contributed by atoms with Gasteiger partial charge in [0, 0.05) is 4.90 Å². The Morgan fingerprint density at radius 3 is 1.33 bits per heavy atom. The molecule has 0 aliphatic rings. The summed E-state index contributed by atoms with van der Waals surface area (Å²) in [5.41, 5.74) is 5.34. The minimum absolute atomic E-state index is 1.30. The van der Waals surface area contributed by atoms with E-state index in [9.17, 15) is 0 Å². The van der Waals surface area contributed by atoms with Crippen LogP contribution >= 0.6 is 46.6 Å². The molecule has 0 atom stereocenters. The Labute approximate surface area is 161 Å². The van der Waals surface area contributed by atoms with Crippen molar-refractivity contribution in [3.8, 4) is 22.3 Å². The van der Waals surface area contributed by atoms with Crippen LogP contribution in [0.5, 0.6) is 0 Å². The van der Waals surface area contributed by atoms with Crippen molar-refractivity contribution in [3.63, 3.8) is 0 Å². The van der Waals surface area contributed by atoms with Crippen molar-refractivity contribution in [2.45, 2.75) is 13.3 Å². The number of benzene rings is 2. The van der Waals surface area contributed by atoms with Crippen LogP contribution in [-0.4, -0.2) is 18.8 Å². The van der Waals surface area contributed by atoms with Crippen LogP contribution in [0.1, 0.15) is 0 Å². The Hall–Kier alpha value is -0.940. The maximum absolute atomic E-state index is 2.22. The van der Waals surface area contributed by atoms with Crippen molar-refractivity contribution in [3.05, 3.63) is 60.7 Å². The molecule has 0 aliphatic heterocycles. The molecule has 0 bridgehead atoms. The van der Waals surface area contributed by atoms with Crippen molar-refractivity contribution in [1.82, 2.24) is 0 Å². The first-order valence-corrected chi connectivity index (χ1v) is 12.1. The molecule has 0 nitrogen and oxygen atoms in total. The predicted octanol–water partition coefficient (Wildman–Crippen LogP) is 7.53. The van der Waals surface area contributed by atoms with Crippen LogP contribution in [0.3, 0.4) is 0 Å². The van der Waals surface area contributed by atoms with Crippen molar-refractivity contribution in [1.29, 1.82) is 0 Å². The largest absolute Gasteiger partial charge is 0.274 e. The minimum atomic E-state index is 1.30. The number of thioether (sulfide) groups is 3. The number of hydrogen-bond donors (Lipinski definition) is 0. The summed E-state index contributed by atoms with van der Waals surface area (Å²) >= 11 is 7.45. The van der Waals surface area contributed by atoms with Gasteiger partial charge >= 0.3 is 0 Å². The van der Waals surface area contributed by atoms with E-state index in [1.54, 1.807) is 0 Å². The zero-order chi connectivity index (χ0) is 16.9. The van der Waals surface area contributed by atoms with Crippen LogP contribution in [0.25, 0.3) is 22.3 Å². The monoisotopic (exact) mass is 387 g/mol. The predicted molar refractivity (Wildman–Crippen MR) is 115 cm³/mol. The summed E-state index contributed by atoms with van der Waals surface area (Å²) in [4.78, 5) is 1.37. The highest BCUT2D eigenvalue weighted by atomic mass is 32.2. The molecule has 0 N–H and O–H groups in total. The van der Waals surface area contributed by atoms with Crippen molar-refractivity contribution in [2.24, 2.45) is 0 Å². The van der Waals surface area contributed by atoms with E-state index in [0.717, 1.165) is 0 Å². The van der Waals surface area contributed by atoms with Crippen molar-refractivity contribution >= 4 is 46.6 Å². The van der Waals surface area contributed by atoms with Crippen molar-refractivity contribution < 1.29 is 0 Å². The fourth-order valence-electron chi connectivity index (χ4n) is 2.70. The quantitative estimate of drug-likeness (QED) is 0.328. The first-order valence-electron chi connectivity index (χ1n) is 7.57. The second kappa shape index (κ2) is 8.43. The normalized spacial score (nSPS) is 10.8. The van der Waals surface area contributed by atoms with E-state index in [1.165, 1.54) is 35.6 Å². The van der Waals surface area contributed by atoms with E-state index in [1.807, 2.05) is 46.6 Å². The second-order valence-electron chi connectivity index (χ2n) is 5.10. The van der Waals surface area contributed by atoms with Gasteiger partial charge in [-0.15, -0.1) is 11.8 Å². The lowest BCUT2D eigenvalue weighted by molar-refractivity contribution is 1.36. The van der Waals surface area contributed by atoms with E-state index >= 15 is 0 Å². The molecule has 24 heavy (non-hydrogen) atoms. The molecular weight excluding hydrogens is 368 g/mol. The van der Waals surface area contributed by atoms with E-state index in [4.69, 9.17) is 0 Å². The maximum atomic E-state index is 2.22. The lowest BCUT2D eigenvalue weighted by atomic mass is 10.0. The van der Waals surface area contributed by atoms with E-state index in [-0.39, 0.29) is 0 Å². The third kappa shape index (κ3) is 3.52. The first-order chi connectivity index (χ1) is 11.8. The summed E-state index contributed by atoms with van der Waals surface area (Å²) in [7, 11) is 0. The lowest BCUT2D eigenvalue weighted by Crippen LogP contribution is -1.92. The Kier molecular flexibility index (Phi) is 6.28. The molecule has 0 aliphatic carbocycles. The van der Waals surface area contributed by atoms with Crippen molar-refractivity contribution in [2.75, 3.05) is 18.8 Å². The number of hydrogen-bond acceptors (Lipinski definition) is 3. The molecule has 122 valence electrons. The summed E-state index contributed by atoms with van der Waals surface area (Å²) in [6, 6.07) is 21.5. The molecule has 0 radical (unpaired) electrons. The Balaban J connectivity index is 2.37. The van der Waals surface area contributed by atoms with Gasteiger partial charge in [-0.1, -0.05) is 84.2 Å². The smallest absolute Gasteiger partial charge is 0.128 e. The van der Waals surface area contributed by atoms with Gasteiger partial charge in [-0.2, -0.15) is 0 Å². The van der Waals surface area contributed by atoms with E-state index in [0.29, 0.717) is 0 Å². The third-order valence-corrected chi connectivity index (χ3v) is 7.99. The van der Waals surface area contributed by atoms with Gasteiger partial charge in [0.15, 0.2) is 0 Å². The average molecular weight is 388 g/mol. The summed E-state index contributed by atoms with van der Waals surface area (Å²) in [6.45, 7) is 0. The van der Waals surface area contributed by atoms with Crippen LogP contribution in [0.15, 0.2) is 74.0 Å². The standard InChI is InChI=1S/C20H19S4/c1-21-18-16(14-10-6-4-7-11-14)19(22-2)24-20(23-3)17(18)15-12-8-5-9-13-15/h4-13H,1-3H3/q+1. The van der Waals surface area contributed by atoms with Gasteiger partial charge in [-0.05, 0) is 29.9 Å². The van der Waals surface area contributed by atoms with E-state index < -0.39 is 0 Å². The maximum Gasteiger partial charge on any atom is 0.274 e. The molecule has 0 fully saturated rings.